The van der Waals surface area contributed by atoms with Gasteiger partial charge < -0.3 is 0 Å². The SMILES string of the molecule is Cc1nc(CC2CCC(=O)C2C)sc1C. The second kappa shape index (κ2) is 4.05. The van der Waals surface area contributed by atoms with Crippen LogP contribution in [0.2, 0.25) is 0 Å². The molecule has 0 saturated heterocycles. The quantitative estimate of drug-likeness (QED) is 0.771. The van der Waals surface area contributed by atoms with Crippen LogP contribution < -0.4 is 0 Å². The number of rotatable bonds is 2. The minimum atomic E-state index is 0.245. The van der Waals surface area contributed by atoms with E-state index in [0.717, 1.165) is 25.0 Å². The number of Topliss-reactive ketones (excluding diaryl/α,β-unsaturated/α-hetero) is 1. The molecule has 2 atom stereocenters. The lowest BCUT2D eigenvalue weighted by Crippen LogP contribution is -2.12. The first-order valence-corrected chi connectivity index (χ1v) is 6.35. The molecule has 0 amide bonds. The Labute approximate surface area is 94.7 Å². The van der Waals surface area contributed by atoms with E-state index in [1.165, 1.54) is 9.88 Å². The van der Waals surface area contributed by atoms with Crippen molar-refractivity contribution >= 4 is 17.1 Å². The van der Waals surface area contributed by atoms with Crippen molar-refractivity contribution in [3.8, 4) is 0 Å². The summed E-state index contributed by atoms with van der Waals surface area (Å²) in [5.41, 5.74) is 1.15. The van der Waals surface area contributed by atoms with Crippen LogP contribution in [0.5, 0.6) is 0 Å². The summed E-state index contributed by atoms with van der Waals surface area (Å²) in [6.45, 7) is 6.23. The summed E-state index contributed by atoms with van der Waals surface area (Å²) in [6, 6.07) is 0. The Morgan fingerprint density at radius 1 is 1.47 bits per heavy atom. The van der Waals surface area contributed by atoms with E-state index in [0.29, 0.717) is 11.7 Å². The summed E-state index contributed by atoms with van der Waals surface area (Å²) in [5, 5.41) is 1.21. The van der Waals surface area contributed by atoms with Crippen molar-refractivity contribution < 1.29 is 4.79 Å². The van der Waals surface area contributed by atoms with Gasteiger partial charge in [-0.15, -0.1) is 11.3 Å². The van der Waals surface area contributed by atoms with Crippen molar-refractivity contribution in [2.24, 2.45) is 11.8 Å². The fourth-order valence-corrected chi connectivity index (χ4v) is 3.22. The zero-order valence-electron chi connectivity index (χ0n) is 9.54. The van der Waals surface area contributed by atoms with Crippen LogP contribution in [0.15, 0.2) is 0 Å². The average Bonchev–Trinajstić information content (AvgIpc) is 2.65. The zero-order valence-corrected chi connectivity index (χ0v) is 10.4. The number of hydrogen-bond acceptors (Lipinski definition) is 3. The topological polar surface area (TPSA) is 30.0 Å². The molecular formula is C12H17NOS. The van der Waals surface area contributed by atoms with Gasteiger partial charge in [-0.3, -0.25) is 4.79 Å². The molecule has 0 bridgehead atoms. The van der Waals surface area contributed by atoms with Gasteiger partial charge in [0.25, 0.3) is 0 Å². The fraction of sp³-hybridized carbons (Fsp3) is 0.667. The van der Waals surface area contributed by atoms with E-state index in [1.807, 2.05) is 0 Å². The molecule has 1 heterocycles. The van der Waals surface area contributed by atoms with Crippen molar-refractivity contribution in [1.29, 1.82) is 0 Å². The average molecular weight is 223 g/mol. The maximum atomic E-state index is 11.4. The zero-order chi connectivity index (χ0) is 11.0. The lowest BCUT2D eigenvalue weighted by atomic mass is 9.95. The summed E-state index contributed by atoms with van der Waals surface area (Å²) in [6.07, 6.45) is 2.82. The minimum Gasteiger partial charge on any atom is -0.299 e. The molecule has 2 rings (SSSR count). The molecule has 0 radical (unpaired) electrons. The molecule has 15 heavy (non-hydrogen) atoms. The Hall–Kier alpha value is -0.700. The van der Waals surface area contributed by atoms with Gasteiger partial charge in [-0.1, -0.05) is 6.92 Å². The molecule has 0 aromatic carbocycles. The Morgan fingerprint density at radius 2 is 2.20 bits per heavy atom. The van der Waals surface area contributed by atoms with Gasteiger partial charge in [-0.2, -0.15) is 0 Å². The first-order valence-electron chi connectivity index (χ1n) is 5.53. The predicted octanol–water partition coefficient (Wildman–Crippen LogP) is 2.92. The second-order valence-corrected chi connectivity index (χ2v) is 5.79. The lowest BCUT2D eigenvalue weighted by molar-refractivity contribution is -0.120. The van der Waals surface area contributed by atoms with Crippen LogP contribution in [-0.4, -0.2) is 10.8 Å². The van der Waals surface area contributed by atoms with Gasteiger partial charge >= 0.3 is 0 Å². The third kappa shape index (κ3) is 2.12. The molecule has 2 nitrogen and oxygen atoms in total. The van der Waals surface area contributed by atoms with Crippen LogP contribution in [-0.2, 0) is 11.2 Å². The highest BCUT2D eigenvalue weighted by Crippen LogP contribution is 2.32. The third-order valence-electron chi connectivity index (χ3n) is 3.49. The number of carbonyl (C=O) groups is 1. The number of hydrogen-bond donors (Lipinski definition) is 0. The van der Waals surface area contributed by atoms with E-state index in [4.69, 9.17) is 0 Å². The minimum absolute atomic E-state index is 0.245. The number of thiazole rings is 1. The molecule has 0 N–H and O–H groups in total. The highest BCUT2D eigenvalue weighted by Gasteiger charge is 2.31. The van der Waals surface area contributed by atoms with Gasteiger partial charge in [0.15, 0.2) is 0 Å². The molecule has 0 spiro atoms. The Kier molecular flexibility index (Phi) is 2.91. The maximum Gasteiger partial charge on any atom is 0.136 e. The monoisotopic (exact) mass is 223 g/mol. The molecule has 1 saturated carbocycles. The molecule has 1 fully saturated rings. The molecule has 1 aromatic rings. The number of aromatic nitrogens is 1. The summed E-state index contributed by atoms with van der Waals surface area (Å²) in [7, 11) is 0. The van der Waals surface area contributed by atoms with Crippen LogP contribution in [0.25, 0.3) is 0 Å². The van der Waals surface area contributed by atoms with Crippen molar-refractivity contribution in [2.45, 2.75) is 40.0 Å². The van der Waals surface area contributed by atoms with Crippen LogP contribution in [0.3, 0.4) is 0 Å². The van der Waals surface area contributed by atoms with Crippen LogP contribution in [0, 0.1) is 25.7 Å². The number of aryl methyl sites for hydroxylation is 2. The van der Waals surface area contributed by atoms with Gasteiger partial charge in [0, 0.05) is 23.6 Å². The van der Waals surface area contributed by atoms with E-state index in [-0.39, 0.29) is 5.92 Å². The smallest absolute Gasteiger partial charge is 0.136 e. The molecular weight excluding hydrogens is 206 g/mol. The normalized spacial score (nSPS) is 26.2. The second-order valence-electron chi connectivity index (χ2n) is 4.51. The molecule has 1 aromatic heterocycles. The Bertz CT molecular complexity index is 363. The van der Waals surface area contributed by atoms with E-state index in [1.54, 1.807) is 11.3 Å². The molecule has 1 aliphatic rings. The predicted molar refractivity (Wildman–Crippen MR) is 62.2 cm³/mol. The third-order valence-corrected chi connectivity index (χ3v) is 4.58. The fourth-order valence-electron chi connectivity index (χ4n) is 2.20. The van der Waals surface area contributed by atoms with Crippen molar-refractivity contribution in [2.75, 3.05) is 0 Å². The van der Waals surface area contributed by atoms with Crippen LogP contribution in [0.1, 0.15) is 35.3 Å². The maximum absolute atomic E-state index is 11.4. The Morgan fingerprint density at radius 3 is 2.67 bits per heavy atom. The van der Waals surface area contributed by atoms with Gasteiger partial charge in [0.2, 0.25) is 0 Å². The van der Waals surface area contributed by atoms with Crippen LogP contribution in [0.4, 0.5) is 0 Å². The molecule has 82 valence electrons. The Balaban J connectivity index is 2.06. The molecule has 1 aliphatic carbocycles. The van der Waals surface area contributed by atoms with Gasteiger partial charge in [-0.05, 0) is 26.2 Å². The van der Waals surface area contributed by atoms with Crippen LogP contribution >= 0.6 is 11.3 Å². The van der Waals surface area contributed by atoms with Crippen molar-refractivity contribution in [3.63, 3.8) is 0 Å². The summed E-state index contributed by atoms with van der Waals surface area (Å²) in [5.74, 6) is 1.21. The number of nitrogens with zero attached hydrogens (tertiary/aromatic N) is 1. The van der Waals surface area contributed by atoms with E-state index in [9.17, 15) is 4.79 Å². The molecule has 3 heteroatoms. The van der Waals surface area contributed by atoms with Gasteiger partial charge in [0.1, 0.15) is 5.78 Å². The summed E-state index contributed by atoms with van der Waals surface area (Å²) >= 11 is 1.78. The standard InChI is InChI=1S/C12H17NOS/c1-7-10(4-5-11(7)14)6-12-13-8(2)9(3)15-12/h7,10H,4-6H2,1-3H3. The molecule has 2 unspecified atom stereocenters. The molecule has 0 aliphatic heterocycles. The van der Waals surface area contributed by atoms with Gasteiger partial charge in [-0.25, -0.2) is 4.98 Å². The van der Waals surface area contributed by atoms with Crippen molar-refractivity contribution in [3.05, 3.63) is 15.6 Å². The highest BCUT2D eigenvalue weighted by molar-refractivity contribution is 7.11. The van der Waals surface area contributed by atoms with E-state index in [2.05, 4.69) is 25.8 Å². The van der Waals surface area contributed by atoms with E-state index < -0.39 is 0 Å². The summed E-state index contributed by atoms with van der Waals surface area (Å²) in [4.78, 5) is 17.3. The lowest BCUT2D eigenvalue weighted by Gasteiger charge is -2.11. The largest absolute Gasteiger partial charge is 0.299 e. The first-order chi connectivity index (χ1) is 7.08. The van der Waals surface area contributed by atoms with Crippen molar-refractivity contribution in [1.82, 2.24) is 4.98 Å². The highest BCUT2D eigenvalue weighted by atomic mass is 32.1. The number of carbonyl (C=O) groups excluding carboxylic acids is 1. The number of ketones is 1. The first kappa shape index (κ1) is 10.8. The summed E-state index contributed by atoms with van der Waals surface area (Å²) < 4.78 is 0. The van der Waals surface area contributed by atoms with Gasteiger partial charge in [0.05, 0.1) is 10.7 Å². The van der Waals surface area contributed by atoms with E-state index >= 15 is 0 Å².